The molecule has 0 aliphatic carbocycles. The lowest BCUT2D eigenvalue weighted by Crippen LogP contribution is -2.39. The first kappa shape index (κ1) is 18.0. The number of hydrogen-bond acceptors (Lipinski definition) is 5. The Morgan fingerprint density at radius 3 is 2.62 bits per heavy atom. The lowest BCUT2D eigenvalue weighted by molar-refractivity contribution is 0.0941. The Bertz CT molecular complexity index is 728. The Morgan fingerprint density at radius 2 is 1.96 bits per heavy atom. The number of methoxy groups -OCH3 is 2. The first-order valence-corrected chi connectivity index (χ1v) is 8.88. The maximum Gasteiger partial charge on any atom is 0.255 e. The molecule has 1 aromatic heterocycles. The van der Waals surface area contributed by atoms with Crippen molar-refractivity contribution in [2.24, 2.45) is 5.92 Å². The van der Waals surface area contributed by atoms with Gasteiger partial charge in [-0.25, -0.2) is 4.98 Å². The van der Waals surface area contributed by atoms with Crippen LogP contribution in [-0.4, -0.2) is 44.7 Å². The van der Waals surface area contributed by atoms with Crippen LogP contribution in [-0.2, 0) is 0 Å². The number of ether oxygens (including phenoxy) is 2. The minimum atomic E-state index is -0.132. The summed E-state index contributed by atoms with van der Waals surface area (Å²) in [5.41, 5.74) is 0.498. The first-order valence-electron chi connectivity index (χ1n) is 8.88. The van der Waals surface area contributed by atoms with Crippen LogP contribution in [0.1, 0.15) is 23.2 Å². The van der Waals surface area contributed by atoms with Crippen LogP contribution < -0.4 is 19.7 Å². The second kappa shape index (κ2) is 8.56. The van der Waals surface area contributed by atoms with Crippen LogP contribution in [0.15, 0.2) is 42.6 Å². The van der Waals surface area contributed by atoms with Gasteiger partial charge < -0.3 is 19.7 Å². The molecule has 1 saturated heterocycles. The highest BCUT2D eigenvalue weighted by atomic mass is 16.5. The van der Waals surface area contributed by atoms with Gasteiger partial charge in [0.05, 0.1) is 19.8 Å². The summed E-state index contributed by atoms with van der Waals surface area (Å²) in [5, 5.41) is 3.04. The maximum atomic E-state index is 12.6. The van der Waals surface area contributed by atoms with E-state index >= 15 is 0 Å². The lowest BCUT2D eigenvalue weighted by atomic mass is 9.96. The number of pyridine rings is 1. The fraction of sp³-hybridized carbons (Fsp3) is 0.400. The molecule has 0 saturated carbocycles. The number of aromatic nitrogens is 1. The number of anilines is 1. The highest BCUT2D eigenvalue weighted by molar-refractivity contribution is 5.97. The number of amides is 1. The predicted molar refractivity (Wildman–Crippen MR) is 101 cm³/mol. The van der Waals surface area contributed by atoms with E-state index in [1.54, 1.807) is 32.4 Å². The van der Waals surface area contributed by atoms with Crippen molar-refractivity contribution in [3.05, 3.63) is 48.2 Å². The molecule has 0 atom stereocenters. The van der Waals surface area contributed by atoms with E-state index in [1.165, 1.54) is 0 Å². The van der Waals surface area contributed by atoms with Crippen LogP contribution >= 0.6 is 0 Å². The number of carbonyl (C=O) groups is 1. The monoisotopic (exact) mass is 355 g/mol. The van der Waals surface area contributed by atoms with Crippen molar-refractivity contribution in [1.29, 1.82) is 0 Å². The van der Waals surface area contributed by atoms with Crippen LogP contribution in [0.25, 0.3) is 0 Å². The molecule has 1 aliphatic heterocycles. The zero-order valence-corrected chi connectivity index (χ0v) is 15.3. The van der Waals surface area contributed by atoms with Gasteiger partial charge in [-0.05, 0) is 43.0 Å². The molecule has 1 N–H and O–H groups in total. The molecule has 1 amide bonds. The van der Waals surface area contributed by atoms with E-state index in [4.69, 9.17) is 9.47 Å². The molecular formula is C20H25N3O3. The second-order valence-electron chi connectivity index (χ2n) is 6.37. The molecule has 1 aromatic carbocycles. The average molecular weight is 355 g/mol. The molecule has 6 nitrogen and oxygen atoms in total. The third-order valence-electron chi connectivity index (χ3n) is 4.79. The van der Waals surface area contributed by atoms with E-state index in [1.807, 2.05) is 24.4 Å². The van der Waals surface area contributed by atoms with E-state index in [2.05, 4.69) is 15.2 Å². The largest absolute Gasteiger partial charge is 0.493 e. The Hall–Kier alpha value is -2.76. The summed E-state index contributed by atoms with van der Waals surface area (Å²) in [5.74, 6) is 2.39. The number of hydrogen-bond donors (Lipinski definition) is 1. The number of para-hydroxylation sites is 1. The smallest absolute Gasteiger partial charge is 0.255 e. The number of nitrogens with one attached hydrogen (secondary N) is 1. The Balaban J connectivity index is 1.53. The van der Waals surface area contributed by atoms with Crippen molar-refractivity contribution in [1.82, 2.24) is 10.3 Å². The van der Waals surface area contributed by atoms with Crippen molar-refractivity contribution < 1.29 is 14.3 Å². The molecular weight excluding hydrogens is 330 g/mol. The molecule has 0 radical (unpaired) electrons. The van der Waals surface area contributed by atoms with Gasteiger partial charge in [0.2, 0.25) is 0 Å². The summed E-state index contributed by atoms with van der Waals surface area (Å²) >= 11 is 0. The van der Waals surface area contributed by atoms with E-state index in [-0.39, 0.29) is 5.91 Å². The van der Waals surface area contributed by atoms with Crippen LogP contribution in [0.2, 0.25) is 0 Å². The molecule has 0 unspecified atom stereocenters. The summed E-state index contributed by atoms with van der Waals surface area (Å²) in [6.45, 7) is 2.58. The second-order valence-corrected chi connectivity index (χ2v) is 6.37. The van der Waals surface area contributed by atoms with Crippen molar-refractivity contribution >= 4 is 11.7 Å². The molecule has 26 heavy (non-hydrogen) atoms. The molecule has 0 bridgehead atoms. The van der Waals surface area contributed by atoms with Crippen LogP contribution in [0.3, 0.4) is 0 Å². The van der Waals surface area contributed by atoms with Gasteiger partial charge >= 0.3 is 0 Å². The Kier molecular flexibility index (Phi) is 5.94. The number of piperidine rings is 1. The predicted octanol–water partition coefficient (Wildman–Crippen LogP) is 2.75. The van der Waals surface area contributed by atoms with Crippen molar-refractivity contribution in [3.8, 4) is 11.5 Å². The van der Waals surface area contributed by atoms with Gasteiger partial charge in [-0.15, -0.1) is 0 Å². The lowest BCUT2D eigenvalue weighted by Gasteiger charge is -2.32. The van der Waals surface area contributed by atoms with Crippen LogP contribution in [0.5, 0.6) is 11.5 Å². The van der Waals surface area contributed by atoms with Gasteiger partial charge in [0, 0.05) is 25.8 Å². The molecule has 6 heteroatoms. The maximum absolute atomic E-state index is 12.6. The van der Waals surface area contributed by atoms with Crippen molar-refractivity contribution in [2.45, 2.75) is 12.8 Å². The van der Waals surface area contributed by atoms with Gasteiger partial charge in [-0.3, -0.25) is 4.79 Å². The normalized spacial score (nSPS) is 14.8. The molecule has 2 aromatic rings. The van der Waals surface area contributed by atoms with Gasteiger partial charge in [0.25, 0.3) is 5.91 Å². The van der Waals surface area contributed by atoms with Gasteiger partial charge in [-0.2, -0.15) is 0 Å². The van der Waals surface area contributed by atoms with Gasteiger partial charge in [0.15, 0.2) is 11.5 Å². The van der Waals surface area contributed by atoms with E-state index in [0.29, 0.717) is 29.5 Å². The summed E-state index contributed by atoms with van der Waals surface area (Å²) in [6.07, 6.45) is 3.89. The summed E-state index contributed by atoms with van der Waals surface area (Å²) < 4.78 is 10.6. The number of nitrogens with zero attached hydrogens (tertiary/aromatic N) is 2. The Labute approximate surface area is 154 Å². The van der Waals surface area contributed by atoms with Crippen LogP contribution in [0, 0.1) is 5.92 Å². The van der Waals surface area contributed by atoms with Gasteiger partial charge in [-0.1, -0.05) is 12.1 Å². The zero-order chi connectivity index (χ0) is 18.4. The third-order valence-corrected chi connectivity index (χ3v) is 4.79. The quantitative estimate of drug-likeness (QED) is 0.863. The highest BCUT2D eigenvalue weighted by Crippen LogP contribution is 2.30. The van der Waals surface area contributed by atoms with E-state index < -0.39 is 0 Å². The molecule has 2 heterocycles. The topological polar surface area (TPSA) is 63.7 Å². The van der Waals surface area contributed by atoms with E-state index in [9.17, 15) is 4.79 Å². The minimum absolute atomic E-state index is 0.132. The van der Waals surface area contributed by atoms with Crippen LogP contribution in [0.4, 0.5) is 5.82 Å². The van der Waals surface area contributed by atoms with Crippen molar-refractivity contribution in [2.75, 3.05) is 38.8 Å². The summed E-state index contributed by atoms with van der Waals surface area (Å²) in [7, 11) is 3.11. The molecule has 1 fully saturated rings. The number of rotatable bonds is 6. The number of carbonyl (C=O) groups excluding carboxylic acids is 1. The summed E-state index contributed by atoms with van der Waals surface area (Å²) in [6, 6.07) is 11.3. The Morgan fingerprint density at radius 1 is 1.15 bits per heavy atom. The van der Waals surface area contributed by atoms with Crippen molar-refractivity contribution in [3.63, 3.8) is 0 Å². The van der Waals surface area contributed by atoms with Gasteiger partial charge in [0.1, 0.15) is 5.82 Å². The third kappa shape index (κ3) is 4.07. The standard InChI is InChI=1S/C20H25N3O3/c1-25-17-7-5-6-16(19(17)26-2)20(24)22-14-15-9-12-23(13-10-15)18-8-3-4-11-21-18/h3-8,11,15H,9-10,12-14H2,1-2H3,(H,22,24). The first-order chi connectivity index (χ1) is 12.7. The molecule has 3 rings (SSSR count). The molecule has 0 spiro atoms. The zero-order valence-electron chi connectivity index (χ0n) is 15.3. The number of benzene rings is 1. The molecule has 138 valence electrons. The molecule has 1 aliphatic rings. The minimum Gasteiger partial charge on any atom is -0.493 e. The fourth-order valence-corrected chi connectivity index (χ4v) is 3.31. The average Bonchev–Trinajstić information content (AvgIpc) is 2.72. The SMILES string of the molecule is COc1cccc(C(=O)NCC2CCN(c3ccccn3)CC2)c1OC. The fourth-order valence-electron chi connectivity index (χ4n) is 3.31. The van der Waals surface area contributed by atoms with E-state index in [0.717, 1.165) is 31.7 Å². The highest BCUT2D eigenvalue weighted by Gasteiger charge is 2.22. The summed E-state index contributed by atoms with van der Waals surface area (Å²) in [4.78, 5) is 19.3.